The zero-order valence-corrected chi connectivity index (χ0v) is 12.0. The third-order valence-electron chi connectivity index (χ3n) is 2.71. The highest BCUT2D eigenvalue weighted by Crippen LogP contribution is 2.37. The molecule has 3 rings (SSSR count). The number of phenolic OH excluding ortho intramolecular Hbond substituents is 1. The number of benzene rings is 2. The third-order valence-corrected chi connectivity index (χ3v) is 4.26. The molecule has 0 saturated carbocycles. The lowest BCUT2D eigenvalue weighted by atomic mass is 10.2. The second kappa shape index (κ2) is 4.75. The van der Waals surface area contributed by atoms with E-state index < -0.39 is 23.2 Å². The molecule has 7 heteroatoms. The van der Waals surface area contributed by atoms with Crippen molar-refractivity contribution in [2.75, 3.05) is 0 Å². The lowest BCUT2D eigenvalue weighted by molar-refractivity contribution is 0.377. The summed E-state index contributed by atoms with van der Waals surface area (Å²) in [6.07, 6.45) is 0. The van der Waals surface area contributed by atoms with Crippen LogP contribution in [0.2, 0.25) is 0 Å². The molecule has 1 aromatic heterocycles. The molecule has 2 nitrogen and oxygen atoms in total. The first-order valence-electron chi connectivity index (χ1n) is 5.40. The number of aromatic hydroxyl groups is 1. The Morgan fingerprint density at radius 1 is 1.10 bits per heavy atom. The molecule has 102 valence electrons. The molecule has 0 atom stereocenters. The highest BCUT2D eigenvalue weighted by Gasteiger charge is 2.21. The number of nitrogens with zero attached hydrogens (tertiary/aromatic N) is 1. The van der Waals surface area contributed by atoms with Gasteiger partial charge in [0.2, 0.25) is 5.82 Å². The molecule has 0 spiro atoms. The molecule has 3 aromatic rings. The Morgan fingerprint density at radius 2 is 1.85 bits per heavy atom. The van der Waals surface area contributed by atoms with E-state index >= 15 is 0 Å². The summed E-state index contributed by atoms with van der Waals surface area (Å²) in [5.74, 6) is -5.48. The molecule has 0 radical (unpaired) electrons. The van der Waals surface area contributed by atoms with Crippen molar-refractivity contribution in [1.82, 2.24) is 4.98 Å². The van der Waals surface area contributed by atoms with Gasteiger partial charge in [-0.3, -0.25) is 0 Å². The summed E-state index contributed by atoms with van der Waals surface area (Å²) >= 11 is 4.42. The van der Waals surface area contributed by atoms with Gasteiger partial charge in [0.1, 0.15) is 5.01 Å². The maximum atomic E-state index is 13.8. The van der Waals surface area contributed by atoms with Gasteiger partial charge in [-0.25, -0.2) is 13.8 Å². The lowest BCUT2D eigenvalue weighted by Crippen LogP contribution is -1.92. The summed E-state index contributed by atoms with van der Waals surface area (Å²) in [4.78, 5) is 4.15. The molecule has 0 saturated heterocycles. The van der Waals surface area contributed by atoms with E-state index in [0.717, 1.165) is 20.5 Å². The van der Waals surface area contributed by atoms with Crippen molar-refractivity contribution in [1.29, 1.82) is 0 Å². The van der Waals surface area contributed by atoms with E-state index in [0.29, 0.717) is 11.6 Å². The lowest BCUT2D eigenvalue weighted by Gasteiger charge is -2.03. The zero-order valence-electron chi connectivity index (χ0n) is 9.62. The summed E-state index contributed by atoms with van der Waals surface area (Å²) in [6.45, 7) is 0. The largest absolute Gasteiger partial charge is 0.503 e. The quantitative estimate of drug-likeness (QED) is 0.630. The van der Waals surface area contributed by atoms with Gasteiger partial charge < -0.3 is 5.11 Å². The first-order valence-corrected chi connectivity index (χ1v) is 7.01. The van der Waals surface area contributed by atoms with Crippen LogP contribution in [0.25, 0.3) is 20.8 Å². The zero-order chi connectivity index (χ0) is 14.4. The van der Waals surface area contributed by atoms with Gasteiger partial charge >= 0.3 is 0 Å². The number of halogens is 4. The molecule has 0 bridgehead atoms. The first-order chi connectivity index (χ1) is 9.47. The number of hydrogen-bond donors (Lipinski definition) is 1. The molecule has 0 amide bonds. The molecule has 0 aliphatic carbocycles. The molecule has 20 heavy (non-hydrogen) atoms. The molecule has 0 aliphatic heterocycles. The van der Waals surface area contributed by atoms with Gasteiger partial charge in [-0.15, -0.1) is 11.3 Å². The third kappa shape index (κ3) is 2.06. The van der Waals surface area contributed by atoms with Gasteiger partial charge in [0.15, 0.2) is 17.4 Å². The number of rotatable bonds is 1. The van der Waals surface area contributed by atoms with Crippen molar-refractivity contribution in [3.8, 4) is 16.3 Å². The van der Waals surface area contributed by atoms with E-state index in [1.54, 1.807) is 18.2 Å². The van der Waals surface area contributed by atoms with Crippen molar-refractivity contribution in [2.24, 2.45) is 0 Å². The molecular formula is C13H5BrF3NOS. The Labute approximate surface area is 123 Å². The fraction of sp³-hybridized carbons (Fsp3) is 0. The van der Waals surface area contributed by atoms with Crippen LogP contribution in [0.15, 0.2) is 28.7 Å². The summed E-state index contributed by atoms with van der Waals surface area (Å²) in [7, 11) is 0. The normalized spacial score (nSPS) is 11.2. The smallest absolute Gasteiger partial charge is 0.203 e. The predicted molar refractivity (Wildman–Crippen MR) is 74.3 cm³/mol. The summed E-state index contributed by atoms with van der Waals surface area (Å²) in [5, 5.41) is 9.40. The highest BCUT2D eigenvalue weighted by molar-refractivity contribution is 9.10. The fourth-order valence-corrected chi connectivity index (χ4v) is 3.29. The van der Waals surface area contributed by atoms with Crippen LogP contribution < -0.4 is 0 Å². The van der Waals surface area contributed by atoms with E-state index in [9.17, 15) is 18.3 Å². The summed E-state index contributed by atoms with van der Waals surface area (Å²) < 4.78 is 41.8. The Morgan fingerprint density at radius 3 is 2.60 bits per heavy atom. The van der Waals surface area contributed by atoms with Crippen molar-refractivity contribution >= 4 is 37.5 Å². The van der Waals surface area contributed by atoms with Crippen LogP contribution in [0, 0.1) is 17.5 Å². The second-order valence-electron chi connectivity index (χ2n) is 4.01. The van der Waals surface area contributed by atoms with E-state index in [-0.39, 0.29) is 10.6 Å². The number of aromatic nitrogens is 1. The van der Waals surface area contributed by atoms with Crippen LogP contribution in [0.3, 0.4) is 0 Å². The second-order valence-corrected chi connectivity index (χ2v) is 5.96. The van der Waals surface area contributed by atoms with E-state index in [2.05, 4.69) is 20.9 Å². The molecular weight excluding hydrogens is 355 g/mol. The predicted octanol–water partition coefficient (Wildman–Crippen LogP) is 4.85. The first kappa shape index (κ1) is 13.4. The summed E-state index contributed by atoms with van der Waals surface area (Å²) in [6, 6.07) is 5.97. The van der Waals surface area contributed by atoms with Gasteiger partial charge in [0.05, 0.1) is 15.8 Å². The van der Waals surface area contributed by atoms with Crippen molar-refractivity contribution < 1.29 is 18.3 Å². The molecule has 1 heterocycles. The molecule has 0 fully saturated rings. The number of fused-ring (bicyclic) bond motifs is 1. The van der Waals surface area contributed by atoms with Crippen LogP contribution >= 0.6 is 27.3 Å². The maximum Gasteiger partial charge on any atom is 0.203 e. The Hall–Kier alpha value is -1.60. The standard InChI is InChI=1S/C13H5BrF3NOS/c14-5-1-2-8-9(3-5)20-13(18-8)6-4-7(15)11(17)12(19)10(6)16/h1-4,19H. The molecule has 1 N–H and O–H groups in total. The molecule has 0 aliphatic rings. The van der Waals surface area contributed by atoms with Crippen LogP contribution in [-0.4, -0.2) is 10.1 Å². The Balaban J connectivity index is 2.25. The van der Waals surface area contributed by atoms with Gasteiger partial charge in [-0.05, 0) is 24.3 Å². The summed E-state index contributed by atoms with van der Waals surface area (Å²) in [5.41, 5.74) is 0.343. The van der Waals surface area contributed by atoms with E-state index in [4.69, 9.17) is 0 Å². The van der Waals surface area contributed by atoms with Crippen molar-refractivity contribution in [2.45, 2.75) is 0 Å². The number of hydrogen-bond acceptors (Lipinski definition) is 3. The average Bonchev–Trinajstić information content (AvgIpc) is 2.83. The van der Waals surface area contributed by atoms with Gasteiger partial charge in [-0.2, -0.15) is 4.39 Å². The van der Waals surface area contributed by atoms with E-state index in [1.807, 2.05) is 0 Å². The molecule has 2 aromatic carbocycles. The van der Waals surface area contributed by atoms with Crippen LogP contribution in [0.5, 0.6) is 5.75 Å². The minimum absolute atomic E-state index is 0.171. The van der Waals surface area contributed by atoms with Crippen molar-refractivity contribution in [3.63, 3.8) is 0 Å². The van der Waals surface area contributed by atoms with Gasteiger partial charge in [0, 0.05) is 4.47 Å². The number of phenols is 1. The average molecular weight is 360 g/mol. The topological polar surface area (TPSA) is 33.1 Å². The van der Waals surface area contributed by atoms with Gasteiger partial charge in [0.25, 0.3) is 0 Å². The van der Waals surface area contributed by atoms with Crippen LogP contribution in [0.4, 0.5) is 13.2 Å². The maximum absolute atomic E-state index is 13.8. The van der Waals surface area contributed by atoms with Crippen molar-refractivity contribution in [3.05, 3.63) is 46.2 Å². The van der Waals surface area contributed by atoms with Crippen LogP contribution in [0.1, 0.15) is 0 Å². The minimum atomic E-state index is -1.60. The SMILES string of the molecule is Oc1c(F)c(F)cc(-c2nc3ccc(Br)cc3s2)c1F. The molecule has 0 unspecified atom stereocenters. The number of thiazole rings is 1. The monoisotopic (exact) mass is 359 g/mol. The van der Waals surface area contributed by atoms with Gasteiger partial charge in [-0.1, -0.05) is 15.9 Å². The Bertz CT molecular complexity index is 834. The highest BCUT2D eigenvalue weighted by atomic mass is 79.9. The Kier molecular flexibility index (Phi) is 3.18. The fourth-order valence-electron chi connectivity index (χ4n) is 1.76. The van der Waals surface area contributed by atoms with Crippen LogP contribution in [-0.2, 0) is 0 Å². The minimum Gasteiger partial charge on any atom is -0.503 e. The van der Waals surface area contributed by atoms with E-state index in [1.165, 1.54) is 0 Å².